The van der Waals surface area contributed by atoms with E-state index in [0.29, 0.717) is 10.8 Å². The molecule has 0 unspecified atom stereocenters. The number of aromatic nitrogens is 3. The fraction of sp³-hybridized carbons (Fsp3) is 0.0769. The summed E-state index contributed by atoms with van der Waals surface area (Å²) in [4.78, 5) is 4.42. The summed E-state index contributed by atoms with van der Waals surface area (Å²) in [5.41, 5.74) is 5.84. The van der Waals surface area contributed by atoms with E-state index in [0.717, 1.165) is 22.6 Å². The summed E-state index contributed by atoms with van der Waals surface area (Å²) in [5.74, 6) is 6.18. The molecule has 0 spiro atoms. The summed E-state index contributed by atoms with van der Waals surface area (Å²) in [6.45, 7) is 1.91. The molecule has 0 aliphatic rings. The Morgan fingerprint density at radius 3 is 2.79 bits per heavy atom. The normalized spacial score (nSPS) is 10.9. The van der Waals surface area contributed by atoms with Gasteiger partial charge in [-0.15, -0.1) is 0 Å². The van der Waals surface area contributed by atoms with Gasteiger partial charge >= 0.3 is 0 Å². The highest BCUT2D eigenvalue weighted by atomic mass is 35.5. The Kier molecular flexibility index (Phi) is 2.85. The Morgan fingerprint density at radius 2 is 2.05 bits per heavy atom. The molecule has 19 heavy (non-hydrogen) atoms. The molecule has 0 bridgehead atoms. The van der Waals surface area contributed by atoms with Gasteiger partial charge in [-0.25, -0.2) is 10.8 Å². The first-order valence-electron chi connectivity index (χ1n) is 5.78. The van der Waals surface area contributed by atoms with Crippen LogP contribution in [0.4, 0.5) is 5.82 Å². The first-order chi connectivity index (χ1) is 9.19. The Balaban J connectivity index is 2.25. The average molecular weight is 274 g/mol. The molecular weight excluding hydrogens is 262 g/mol. The fourth-order valence-electron chi connectivity index (χ4n) is 2.00. The van der Waals surface area contributed by atoms with Crippen molar-refractivity contribution in [2.75, 3.05) is 5.43 Å². The number of hydrogen-bond donors (Lipinski definition) is 2. The molecule has 0 amide bonds. The standard InChI is InChI=1S/C13H12ClN5/c1-8-6-13(17-15)19-12(16-8)7-11(18-19)9-4-2-3-5-10(9)14/h2-7,17H,15H2,1H3. The molecule has 0 saturated heterocycles. The zero-order valence-electron chi connectivity index (χ0n) is 10.3. The Morgan fingerprint density at radius 1 is 1.26 bits per heavy atom. The lowest BCUT2D eigenvalue weighted by Crippen LogP contribution is -2.12. The summed E-state index contributed by atoms with van der Waals surface area (Å²) in [5, 5.41) is 5.14. The van der Waals surface area contributed by atoms with Crippen molar-refractivity contribution >= 4 is 23.1 Å². The third-order valence-electron chi connectivity index (χ3n) is 2.85. The van der Waals surface area contributed by atoms with Crippen LogP contribution in [-0.4, -0.2) is 14.6 Å². The molecule has 6 heteroatoms. The number of nitrogen functional groups attached to an aromatic ring is 1. The van der Waals surface area contributed by atoms with E-state index in [9.17, 15) is 0 Å². The fourth-order valence-corrected chi connectivity index (χ4v) is 2.24. The predicted molar refractivity (Wildman–Crippen MR) is 76.0 cm³/mol. The van der Waals surface area contributed by atoms with Crippen molar-refractivity contribution in [3.05, 3.63) is 47.1 Å². The second-order valence-electron chi connectivity index (χ2n) is 4.21. The van der Waals surface area contributed by atoms with Crippen LogP contribution in [0.3, 0.4) is 0 Å². The van der Waals surface area contributed by atoms with Gasteiger partial charge in [0, 0.05) is 23.4 Å². The van der Waals surface area contributed by atoms with Crippen molar-refractivity contribution in [2.45, 2.75) is 6.92 Å². The topological polar surface area (TPSA) is 68.2 Å². The van der Waals surface area contributed by atoms with Gasteiger partial charge in [-0.1, -0.05) is 29.8 Å². The van der Waals surface area contributed by atoms with Crippen LogP contribution in [0.5, 0.6) is 0 Å². The Hall–Kier alpha value is -2.11. The first kappa shape index (κ1) is 12.0. The maximum Gasteiger partial charge on any atom is 0.158 e. The molecule has 2 heterocycles. The highest BCUT2D eigenvalue weighted by Crippen LogP contribution is 2.27. The number of nitrogens with zero attached hydrogens (tertiary/aromatic N) is 3. The van der Waals surface area contributed by atoms with Crippen molar-refractivity contribution in [1.82, 2.24) is 14.6 Å². The van der Waals surface area contributed by atoms with Crippen molar-refractivity contribution in [3.63, 3.8) is 0 Å². The number of aryl methyl sites for hydroxylation is 1. The van der Waals surface area contributed by atoms with Gasteiger partial charge in [0.05, 0.1) is 10.7 Å². The molecule has 0 fully saturated rings. The molecule has 3 N–H and O–H groups in total. The smallest absolute Gasteiger partial charge is 0.158 e. The van der Waals surface area contributed by atoms with Crippen molar-refractivity contribution in [1.29, 1.82) is 0 Å². The lowest BCUT2D eigenvalue weighted by Gasteiger charge is -2.03. The van der Waals surface area contributed by atoms with E-state index in [1.807, 2.05) is 43.3 Å². The Bertz CT molecular complexity index is 750. The molecule has 96 valence electrons. The van der Waals surface area contributed by atoms with E-state index in [-0.39, 0.29) is 0 Å². The molecule has 3 aromatic rings. The van der Waals surface area contributed by atoms with Crippen LogP contribution in [0, 0.1) is 6.92 Å². The van der Waals surface area contributed by atoms with Crippen LogP contribution in [0.2, 0.25) is 5.02 Å². The molecule has 0 aliphatic carbocycles. The van der Waals surface area contributed by atoms with Gasteiger partial charge < -0.3 is 5.43 Å². The lowest BCUT2D eigenvalue weighted by atomic mass is 10.1. The minimum absolute atomic E-state index is 0.657. The summed E-state index contributed by atoms with van der Waals surface area (Å²) >= 11 is 6.18. The minimum Gasteiger partial charge on any atom is -0.308 e. The number of hydrazine groups is 1. The van der Waals surface area contributed by atoms with Crippen LogP contribution in [0.25, 0.3) is 16.9 Å². The third-order valence-corrected chi connectivity index (χ3v) is 3.18. The molecule has 1 aromatic carbocycles. The highest BCUT2D eigenvalue weighted by molar-refractivity contribution is 6.33. The monoisotopic (exact) mass is 273 g/mol. The summed E-state index contributed by atoms with van der Waals surface area (Å²) < 4.78 is 1.66. The van der Waals surface area contributed by atoms with Crippen LogP contribution < -0.4 is 11.3 Å². The van der Waals surface area contributed by atoms with Crippen LogP contribution >= 0.6 is 11.6 Å². The number of anilines is 1. The quantitative estimate of drug-likeness (QED) is 0.556. The van der Waals surface area contributed by atoms with E-state index in [2.05, 4.69) is 15.5 Å². The van der Waals surface area contributed by atoms with Crippen molar-refractivity contribution in [2.24, 2.45) is 5.84 Å². The number of benzene rings is 1. The number of nitrogens with one attached hydrogen (secondary N) is 1. The zero-order valence-corrected chi connectivity index (χ0v) is 11.0. The van der Waals surface area contributed by atoms with Crippen molar-refractivity contribution < 1.29 is 0 Å². The molecular formula is C13H12ClN5. The largest absolute Gasteiger partial charge is 0.308 e. The third kappa shape index (κ3) is 2.03. The van der Waals surface area contributed by atoms with Crippen LogP contribution in [-0.2, 0) is 0 Å². The van der Waals surface area contributed by atoms with E-state index < -0.39 is 0 Å². The van der Waals surface area contributed by atoms with Gasteiger partial charge in [-0.05, 0) is 13.0 Å². The van der Waals surface area contributed by atoms with Crippen LogP contribution in [0.15, 0.2) is 36.4 Å². The first-order valence-corrected chi connectivity index (χ1v) is 6.16. The summed E-state index contributed by atoms with van der Waals surface area (Å²) in [7, 11) is 0. The van der Waals surface area contributed by atoms with E-state index in [1.165, 1.54) is 0 Å². The van der Waals surface area contributed by atoms with E-state index in [1.54, 1.807) is 4.52 Å². The predicted octanol–water partition coefficient (Wildman–Crippen LogP) is 2.64. The van der Waals surface area contributed by atoms with Gasteiger partial charge in [0.1, 0.15) is 5.82 Å². The summed E-state index contributed by atoms with van der Waals surface area (Å²) in [6.07, 6.45) is 0. The average Bonchev–Trinajstić information content (AvgIpc) is 2.81. The minimum atomic E-state index is 0.657. The van der Waals surface area contributed by atoms with Gasteiger partial charge in [-0.3, -0.25) is 0 Å². The molecule has 5 nitrogen and oxygen atoms in total. The SMILES string of the molecule is Cc1cc(NN)n2nc(-c3ccccc3Cl)cc2n1. The second kappa shape index (κ2) is 4.53. The molecule has 0 radical (unpaired) electrons. The molecule has 2 aromatic heterocycles. The van der Waals surface area contributed by atoms with Gasteiger partial charge in [0.2, 0.25) is 0 Å². The molecule has 0 aliphatic heterocycles. The summed E-state index contributed by atoms with van der Waals surface area (Å²) in [6, 6.07) is 11.3. The number of halogens is 1. The van der Waals surface area contributed by atoms with E-state index >= 15 is 0 Å². The van der Waals surface area contributed by atoms with Gasteiger partial charge in [0.25, 0.3) is 0 Å². The van der Waals surface area contributed by atoms with Gasteiger partial charge in [-0.2, -0.15) is 9.61 Å². The number of fused-ring (bicyclic) bond motifs is 1. The lowest BCUT2D eigenvalue weighted by molar-refractivity contribution is 0.930. The molecule has 0 saturated carbocycles. The Labute approximate surface area is 115 Å². The maximum absolute atomic E-state index is 6.18. The van der Waals surface area contributed by atoms with E-state index in [4.69, 9.17) is 17.4 Å². The molecule has 0 atom stereocenters. The number of nitrogens with two attached hydrogens (primary N) is 1. The van der Waals surface area contributed by atoms with Gasteiger partial charge in [0.15, 0.2) is 5.65 Å². The number of rotatable bonds is 2. The second-order valence-corrected chi connectivity index (χ2v) is 4.61. The van der Waals surface area contributed by atoms with Crippen LogP contribution in [0.1, 0.15) is 5.69 Å². The highest BCUT2D eigenvalue weighted by Gasteiger charge is 2.11. The molecule has 3 rings (SSSR count). The van der Waals surface area contributed by atoms with Crippen molar-refractivity contribution in [3.8, 4) is 11.3 Å². The zero-order chi connectivity index (χ0) is 13.4. The maximum atomic E-state index is 6.18. The number of hydrogen-bond acceptors (Lipinski definition) is 4.